The summed E-state index contributed by atoms with van der Waals surface area (Å²) in [5.74, 6) is -1.91. The van der Waals surface area contributed by atoms with Crippen molar-refractivity contribution in [1.82, 2.24) is 10.6 Å². The van der Waals surface area contributed by atoms with E-state index in [-0.39, 0.29) is 43.3 Å². The van der Waals surface area contributed by atoms with Gasteiger partial charge in [0.2, 0.25) is 11.8 Å². The molecule has 1 fully saturated rings. The molecular formula is C13H13ClF4N2O2. The third-order valence-electron chi connectivity index (χ3n) is 3.08. The number of rotatable bonds is 3. The Bertz CT molecular complexity index is 578. The van der Waals surface area contributed by atoms with Gasteiger partial charge >= 0.3 is 6.18 Å². The number of carbonyl (C=O) groups is 2. The second-order valence-electron chi connectivity index (χ2n) is 4.73. The highest BCUT2D eigenvalue weighted by Gasteiger charge is 2.31. The molecule has 9 heteroatoms. The smallest absolute Gasteiger partial charge is 0.302 e. The molecule has 1 heterocycles. The summed E-state index contributed by atoms with van der Waals surface area (Å²) in [5.41, 5.74) is -1.01. The Kier molecular flexibility index (Phi) is 5.90. The summed E-state index contributed by atoms with van der Waals surface area (Å²) in [4.78, 5) is 22.4. The molecular weight excluding hydrogens is 328 g/mol. The molecule has 0 aromatic heterocycles. The fraction of sp³-hybridized carbons (Fsp3) is 0.385. The van der Waals surface area contributed by atoms with Gasteiger partial charge in [-0.3, -0.25) is 14.9 Å². The lowest BCUT2D eigenvalue weighted by molar-refractivity contribution is -0.138. The van der Waals surface area contributed by atoms with Crippen molar-refractivity contribution in [1.29, 1.82) is 0 Å². The Labute approximate surface area is 129 Å². The predicted molar refractivity (Wildman–Crippen MR) is 71.7 cm³/mol. The van der Waals surface area contributed by atoms with Crippen molar-refractivity contribution >= 4 is 24.2 Å². The average molecular weight is 341 g/mol. The third kappa shape index (κ3) is 4.67. The van der Waals surface area contributed by atoms with Crippen LogP contribution in [-0.4, -0.2) is 17.9 Å². The van der Waals surface area contributed by atoms with E-state index in [9.17, 15) is 27.2 Å². The molecule has 0 bridgehead atoms. The first kappa shape index (κ1) is 18.4. The number of amides is 2. The fourth-order valence-corrected chi connectivity index (χ4v) is 2.05. The van der Waals surface area contributed by atoms with Gasteiger partial charge in [0.1, 0.15) is 5.82 Å². The average Bonchev–Trinajstić information content (AvgIpc) is 2.36. The topological polar surface area (TPSA) is 58.2 Å². The molecule has 1 saturated heterocycles. The van der Waals surface area contributed by atoms with Crippen molar-refractivity contribution < 1.29 is 27.2 Å². The number of piperidine rings is 1. The summed E-state index contributed by atoms with van der Waals surface area (Å²) in [7, 11) is 0. The molecule has 1 aromatic rings. The van der Waals surface area contributed by atoms with Gasteiger partial charge in [-0.2, -0.15) is 13.2 Å². The van der Waals surface area contributed by atoms with Gasteiger partial charge in [-0.15, -0.1) is 12.4 Å². The highest BCUT2D eigenvalue weighted by molar-refractivity contribution is 6.00. The van der Waals surface area contributed by atoms with Crippen LogP contribution in [0.4, 0.5) is 17.6 Å². The van der Waals surface area contributed by atoms with Crippen molar-refractivity contribution in [2.75, 3.05) is 0 Å². The Morgan fingerprint density at radius 1 is 1.23 bits per heavy atom. The number of hydrogen-bond acceptors (Lipinski definition) is 3. The molecule has 0 radical (unpaired) electrons. The van der Waals surface area contributed by atoms with E-state index in [4.69, 9.17) is 0 Å². The molecule has 1 aliphatic rings. The van der Waals surface area contributed by atoms with Crippen molar-refractivity contribution in [3.05, 3.63) is 35.1 Å². The van der Waals surface area contributed by atoms with Gasteiger partial charge in [0.15, 0.2) is 0 Å². The van der Waals surface area contributed by atoms with Crippen LogP contribution in [0.1, 0.15) is 24.0 Å². The van der Waals surface area contributed by atoms with E-state index in [0.717, 1.165) is 12.1 Å². The standard InChI is InChI=1S/C13H12F4N2O2.ClH/c14-9-4-7(3-8(5-9)13(15,16)17)6-18-10-1-2-11(20)19-12(10)21;/h3-5,10,18H,1-2,6H2,(H,19,20,21);1H. The monoisotopic (exact) mass is 340 g/mol. The van der Waals surface area contributed by atoms with Crippen LogP contribution in [0, 0.1) is 5.82 Å². The summed E-state index contributed by atoms with van der Waals surface area (Å²) < 4.78 is 50.9. The molecule has 1 unspecified atom stereocenters. The highest BCUT2D eigenvalue weighted by atomic mass is 35.5. The van der Waals surface area contributed by atoms with Gasteiger partial charge in [0.25, 0.3) is 0 Å². The van der Waals surface area contributed by atoms with Crippen molar-refractivity contribution in [2.24, 2.45) is 0 Å². The fourth-order valence-electron chi connectivity index (χ4n) is 2.05. The van der Waals surface area contributed by atoms with E-state index in [2.05, 4.69) is 10.6 Å². The first-order valence-corrected chi connectivity index (χ1v) is 6.19. The van der Waals surface area contributed by atoms with Crippen LogP contribution in [0.5, 0.6) is 0 Å². The van der Waals surface area contributed by atoms with Crippen LogP contribution in [0.2, 0.25) is 0 Å². The van der Waals surface area contributed by atoms with Crippen LogP contribution < -0.4 is 10.6 Å². The summed E-state index contributed by atoms with van der Waals surface area (Å²) in [5, 5.41) is 4.83. The SMILES string of the molecule is Cl.O=C1CCC(NCc2cc(F)cc(C(F)(F)F)c2)C(=O)N1. The molecule has 0 saturated carbocycles. The van der Waals surface area contributed by atoms with Crippen LogP contribution in [0.15, 0.2) is 18.2 Å². The molecule has 122 valence electrons. The molecule has 2 rings (SSSR count). The van der Waals surface area contributed by atoms with E-state index in [1.807, 2.05) is 0 Å². The third-order valence-corrected chi connectivity index (χ3v) is 3.08. The first-order valence-electron chi connectivity index (χ1n) is 6.19. The zero-order chi connectivity index (χ0) is 15.6. The molecule has 22 heavy (non-hydrogen) atoms. The minimum Gasteiger partial charge on any atom is -0.302 e. The first-order chi connectivity index (χ1) is 9.75. The number of benzene rings is 1. The lowest BCUT2D eigenvalue weighted by Crippen LogP contribution is -2.50. The Morgan fingerprint density at radius 2 is 1.91 bits per heavy atom. The van der Waals surface area contributed by atoms with Crippen LogP contribution >= 0.6 is 12.4 Å². The molecule has 0 aliphatic carbocycles. The highest BCUT2D eigenvalue weighted by Crippen LogP contribution is 2.30. The quantitative estimate of drug-likeness (QED) is 0.655. The van der Waals surface area contributed by atoms with Gasteiger partial charge in [-0.25, -0.2) is 4.39 Å². The number of hydrogen-bond donors (Lipinski definition) is 2. The van der Waals surface area contributed by atoms with Crippen molar-refractivity contribution in [3.63, 3.8) is 0 Å². The lowest BCUT2D eigenvalue weighted by Gasteiger charge is -2.22. The van der Waals surface area contributed by atoms with Crippen LogP contribution in [0.3, 0.4) is 0 Å². The Balaban J connectivity index is 0.00000242. The van der Waals surface area contributed by atoms with E-state index in [1.54, 1.807) is 0 Å². The summed E-state index contributed by atoms with van der Waals surface area (Å²) in [6.45, 7) is -0.104. The van der Waals surface area contributed by atoms with Gasteiger partial charge < -0.3 is 5.32 Å². The van der Waals surface area contributed by atoms with E-state index in [1.165, 1.54) is 0 Å². The lowest BCUT2D eigenvalue weighted by atomic mass is 10.0. The van der Waals surface area contributed by atoms with Crippen LogP contribution in [-0.2, 0) is 22.3 Å². The summed E-state index contributed by atoms with van der Waals surface area (Å²) >= 11 is 0. The van der Waals surface area contributed by atoms with E-state index in [0.29, 0.717) is 6.07 Å². The largest absolute Gasteiger partial charge is 0.416 e. The predicted octanol–water partition coefficient (Wildman–Crippen LogP) is 2.16. The molecule has 2 amide bonds. The molecule has 4 nitrogen and oxygen atoms in total. The van der Waals surface area contributed by atoms with Crippen LogP contribution in [0.25, 0.3) is 0 Å². The number of alkyl halides is 3. The second-order valence-corrected chi connectivity index (χ2v) is 4.73. The maximum atomic E-state index is 13.2. The van der Waals surface area contributed by atoms with Gasteiger partial charge in [-0.1, -0.05) is 0 Å². The second kappa shape index (κ2) is 7.06. The van der Waals surface area contributed by atoms with Gasteiger partial charge in [0, 0.05) is 13.0 Å². The van der Waals surface area contributed by atoms with Gasteiger partial charge in [-0.05, 0) is 30.2 Å². The van der Waals surface area contributed by atoms with E-state index >= 15 is 0 Å². The van der Waals surface area contributed by atoms with Gasteiger partial charge in [0.05, 0.1) is 11.6 Å². The van der Waals surface area contributed by atoms with Crippen molar-refractivity contribution in [2.45, 2.75) is 31.6 Å². The number of imide groups is 1. The summed E-state index contributed by atoms with van der Waals surface area (Å²) in [6.07, 6.45) is -4.22. The minimum absolute atomic E-state index is 0. The zero-order valence-electron chi connectivity index (χ0n) is 11.2. The van der Waals surface area contributed by atoms with E-state index < -0.39 is 29.5 Å². The minimum atomic E-state index is -4.63. The molecule has 1 atom stereocenters. The Morgan fingerprint density at radius 3 is 2.50 bits per heavy atom. The Hall–Kier alpha value is -1.67. The summed E-state index contributed by atoms with van der Waals surface area (Å²) in [6, 6.07) is 1.52. The molecule has 1 aliphatic heterocycles. The number of nitrogens with one attached hydrogen (secondary N) is 2. The molecule has 1 aromatic carbocycles. The number of carbonyl (C=O) groups excluding carboxylic acids is 2. The zero-order valence-corrected chi connectivity index (χ0v) is 12.0. The normalized spacial score (nSPS) is 18.6. The molecule has 0 spiro atoms. The maximum Gasteiger partial charge on any atom is 0.416 e. The molecule has 2 N–H and O–H groups in total. The number of halogens is 5. The van der Waals surface area contributed by atoms with Crippen molar-refractivity contribution in [3.8, 4) is 0 Å². The maximum absolute atomic E-state index is 13.2.